The minimum absolute atomic E-state index is 0.182. The fraction of sp³-hybridized carbons (Fsp3) is 0.393. The third-order valence-corrected chi connectivity index (χ3v) is 6.01. The van der Waals surface area contributed by atoms with E-state index in [-0.39, 0.29) is 24.6 Å². The highest BCUT2D eigenvalue weighted by Gasteiger charge is 2.36. The van der Waals surface area contributed by atoms with Crippen molar-refractivity contribution < 1.29 is 19.1 Å². The molecule has 0 fully saturated rings. The second-order valence-electron chi connectivity index (χ2n) is 9.50. The van der Waals surface area contributed by atoms with Gasteiger partial charge in [0.2, 0.25) is 0 Å². The number of hydrogen-bond acceptors (Lipinski definition) is 4. The molecule has 2 aromatic rings. The highest BCUT2D eigenvalue weighted by molar-refractivity contribution is 6.01. The molecule has 0 spiro atoms. The lowest BCUT2D eigenvalue weighted by molar-refractivity contribution is -0.140. The molecular formula is C28H36N4O4. The van der Waals surface area contributed by atoms with Crippen LogP contribution in [-0.4, -0.2) is 36.1 Å². The number of esters is 1. The summed E-state index contributed by atoms with van der Waals surface area (Å²) < 4.78 is 5.56. The van der Waals surface area contributed by atoms with Gasteiger partial charge >= 0.3 is 18.0 Å². The average molecular weight is 493 g/mol. The molecule has 1 aliphatic rings. The molecule has 2 aromatic carbocycles. The Bertz CT molecular complexity index is 1150. The molecule has 1 unspecified atom stereocenters. The number of anilines is 2. The number of benzene rings is 2. The predicted octanol–water partition coefficient (Wildman–Crippen LogP) is 5.90. The van der Waals surface area contributed by atoms with Crippen LogP contribution in [0.2, 0.25) is 0 Å². The fourth-order valence-corrected chi connectivity index (χ4v) is 4.19. The maximum absolute atomic E-state index is 13.1. The molecule has 0 saturated carbocycles. The van der Waals surface area contributed by atoms with E-state index in [9.17, 15) is 14.4 Å². The number of aryl methyl sites for hydroxylation is 2. The van der Waals surface area contributed by atoms with Crippen LogP contribution in [0.5, 0.6) is 0 Å². The number of carbonyl (C=O) groups excluding carboxylic acids is 3. The Kier molecular flexibility index (Phi) is 8.74. The lowest BCUT2D eigenvalue weighted by Gasteiger charge is -2.35. The molecule has 1 aliphatic heterocycles. The SMILES string of the molecule is CCCN1C(=O)NC(c2cccc(NC(=O)Nc3c(C)cccc3C)c2)C(C(=O)OCC(C)C)=C1C. The summed E-state index contributed by atoms with van der Waals surface area (Å²) in [6.07, 6.45) is 0.749. The van der Waals surface area contributed by atoms with E-state index in [2.05, 4.69) is 16.0 Å². The maximum atomic E-state index is 13.1. The van der Waals surface area contributed by atoms with Crippen molar-refractivity contribution in [3.63, 3.8) is 0 Å². The van der Waals surface area contributed by atoms with Crippen molar-refractivity contribution in [3.8, 4) is 0 Å². The van der Waals surface area contributed by atoms with Gasteiger partial charge in [-0.25, -0.2) is 14.4 Å². The first-order valence-corrected chi connectivity index (χ1v) is 12.3. The maximum Gasteiger partial charge on any atom is 0.338 e. The van der Waals surface area contributed by atoms with Gasteiger partial charge in [0.1, 0.15) is 0 Å². The first-order valence-electron chi connectivity index (χ1n) is 12.3. The highest BCUT2D eigenvalue weighted by Crippen LogP contribution is 2.32. The minimum Gasteiger partial charge on any atom is -0.462 e. The van der Waals surface area contributed by atoms with Gasteiger partial charge in [-0.15, -0.1) is 0 Å². The number of para-hydroxylation sites is 1. The van der Waals surface area contributed by atoms with E-state index in [0.29, 0.717) is 29.1 Å². The highest BCUT2D eigenvalue weighted by atomic mass is 16.5. The Hall–Kier alpha value is -3.81. The summed E-state index contributed by atoms with van der Waals surface area (Å²) in [6.45, 7) is 12.3. The Morgan fingerprint density at radius 1 is 1.06 bits per heavy atom. The van der Waals surface area contributed by atoms with Crippen molar-refractivity contribution in [3.05, 3.63) is 70.4 Å². The first kappa shape index (κ1) is 26.8. The molecule has 1 heterocycles. The molecule has 8 nitrogen and oxygen atoms in total. The van der Waals surface area contributed by atoms with Gasteiger partial charge in [-0.1, -0.05) is 51.1 Å². The van der Waals surface area contributed by atoms with Crippen LogP contribution in [0.4, 0.5) is 21.0 Å². The number of nitrogens with one attached hydrogen (secondary N) is 3. The molecule has 0 bridgehead atoms. The first-order chi connectivity index (χ1) is 17.1. The van der Waals surface area contributed by atoms with E-state index in [4.69, 9.17) is 4.74 Å². The van der Waals surface area contributed by atoms with Crippen molar-refractivity contribution in [2.75, 3.05) is 23.8 Å². The molecular weight excluding hydrogens is 456 g/mol. The average Bonchev–Trinajstić information content (AvgIpc) is 2.82. The Balaban J connectivity index is 1.88. The zero-order chi connectivity index (χ0) is 26.4. The summed E-state index contributed by atoms with van der Waals surface area (Å²) in [6, 6.07) is 11.6. The van der Waals surface area contributed by atoms with Gasteiger partial charge in [-0.05, 0) is 61.9 Å². The van der Waals surface area contributed by atoms with E-state index in [1.165, 1.54) is 0 Å². The molecule has 8 heteroatoms. The van der Waals surface area contributed by atoms with Crippen LogP contribution >= 0.6 is 0 Å². The van der Waals surface area contributed by atoms with Crippen LogP contribution < -0.4 is 16.0 Å². The largest absolute Gasteiger partial charge is 0.462 e. The lowest BCUT2D eigenvalue weighted by atomic mass is 9.94. The van der Waals surface area contributed by atoms with Crippen LogP contribution in [0.1, 0.15) is 56.8 Å². The van der Waals surface area contributed by atoms with Crippen molar-refractivity contribution in [2.45, 2.75) is 54.0 Å². The summed E-state index contributed by atoms with van der Waals surface area (Å²) in [7, 11) is 0. The Morgan fingerprint density at radius 3 is 2.36 bits per heavy atom. The molecule has 0 radical (unpaired) electrons. The third kappa shape index (κ3) is 6.24. The van der Waals surface area contributed by atoms with Crippen LogP contribution in [0.15, 0.2) is 53.7 Å². The summed E-state index contributed by atoms with van der Waals surface area (Å²) >= 11 is 0. The molecule has 0 aliphatic carbocycles. The quantitative estimate of drug-likeness (QED) is 0.400. The number of amides is 4. The van der Waals surface area contributed by atoms with Crippen molar-refractivity contribution in [2.24, 2.45) is 5.92 Å². The third-order valence-electron chi connectivity index (χ3n) is 6.01. The normalized spacial score (nSPS) is 15.6. The summed E-state index contributed by atoms with van der Waals surface area (Å²) in [4.78, 5) is 40.3. The number of hydrogen-bond donors (Lipinski definition) is 3. The van der Waals surface area contributed by atoms with Crippen molar-refractivity contribution in [1.82, 2.24) is 10.2 Å². The molecule has 4 amide bonds. The van der Waals surface area contributed by atoms with Gasteiger partial charge in [0, 0.05) is 23.6 Å². The molecule has 0 aromatic heterocycles. The second kappa shape index (κ2) is 11.7. The topological polar surface area (TPSA) is 99.8 Å². The number of ether oxygens (including phenoxy) is 1. The van der Waals surface area contributed by atoms with Crippen molar-refractivity contribution in [1.29, 1.82) is 0 Å². The number of rotatable bonds is 8. The Morgan fingerprint density at radius 2 is 1.72 bits per heavy atom. The van der Waals surface area contributed by atoms with Gasteiger partial charge in [0.25, 0.3) is 0 Å². The minimum atomic E-state index is -0.700. The summed E-state index contributed by atoms with van der Waals surface area (Å²) in [5.41, 5.74) is 4.85. The molecule has 3 N–H and O–H groups in total. The van der Waals surface area contributed by atoms with Crippen LogP contribution in [0, 0.1) is 19.8 Å². The van der Waals surface area contributed by atoms with Crippen LogP contribution in [-0.2, 0) is 9.53 Å². The lowest BCUT2D eigenvalue weighted by Crippen LogP contribution is -2.48. The molecule has 36 heavy (non-hydrogen) atoms. The summed E-state index contributed by atoms with van der Waals surface area (Å²) in [5, 5.41) is 8.71. The number of carbonyl (C=O) groups is 3. The summed E-state index contributed by atoms with van der Waals surface area (Å²) in [5.74, 6) is -0.278. The monoisotopic (exact) mass is 492 g/mol. The Labute approximate surface area is 213 Å². The molecule has 1 atom stereocenters. The standard InChI is InChI=1S/C28H36N4O4/c1-7-14-32-20(6)23(26(33)36-16-17(2)3)25(31-28(32)35)21-12-9-13-22(15-21)29-27(34)30-24-18(4)10-8-11-19(24)5/h8-13,15,17,25H,7,14,16H2,1-6H3,(H,31,35)(H2,29,30,34). The van der Waals surface area contributed by atoms with Gasteiger partial charge < -0.3 is 20.7 Å². The number of urea groups is 2. The van der Waals surface area contributed by atoms with E-state index < -0.39 is 12.0 Å². The molecule has 192 valence electrons. The van der Waals surface area contributed by atoms with Gasteiger partial charge in [0.15, 0.2) is 0 Å². The second-order valence-corrected chi connectivity index (χ2v) is 9.50. The van der Waals surface area contributed by atoms with E-state index in [0.717, 1.165) is 23.2 Å². The number of allylic oxidation sites excluding steroid dienone is 1. The van der Waals surface area contributed by atoms with Gasteiger partial charge in [-0.3, -0.25) is 4.90 Å². The van der Waals surface area contributed by atoms with Crippen LogP contribution in [0.25, 0.3) is 0 Å². The van der Waals surface area contributed by atoms with Crippen molar-refractivity contribution >= 4 is 29.4 Å². The number of nitrogens with zero attached hydrogens (tertiary/aromatic N) is 1. The van der Waals surface area contributed by atoms with E-state index in [1.54, 1.807) is 30.0 Å². The zero-order valence-corrected chi connectivity index (χ0v) is 21.9. The predicted molar refractivity (Wildman–Crippen MR) is 142 cm³/mol. The van der Waals surface area contributed by atoms with E-state index in [1.807, 2.05) is 58.9 Å². The van der Waals surface area contributed by atoms with E-state index >= 15 is 0 Å². The van der Waals surface area contributed by atoms with Gasteiger partial charge in [-0.2, -0.15) is 0 Å². The fourth-order valence-electron chi connectivity index (χ4n) is 4.19. The van der Waals surface area contributed by atoms with Crippen LogP contribution in [0.3, 0.4) is 0 Å². The molecule has 0 saturated heterocycles. The van der Waals surface area contributed by atoms with Gasteiger partial charge in [0.05, 0.1) is 18.2 Å². The zero-order valence-electron chi connectivity index (χ0n) is 21.9. The molecule has 3 rings (SSSR count). The smallest absolute Gasteiger partial charge is 0.338 e.